The van der Waals surface area contributed by atoms with E-state index < -0.39 is 0 Å². The summed E-state index contributed by atoms with van der Waals surface area (Å²) >= 11 is 0. The van der Waals surface area contributed by atoms with Gasteiger partial charge in [0, 0.05) is 45.5 Å². The molecule has 1 heterocycles. The Balaban J connectivity index is 0.00000420. The molecule has 0 saturated carbocycles. The molecule has 0 radical (unpaired) electrons. The number of ether oxygens (including phenoxy) is 1. The van der Waals surface area contributed by atoms with E-state index >= 15 is 0 Å². The molecule has 2 rings (SSSR count). The fraction of sp³-hybridized carbons (Fsp3) is 0.524. The van der Waals surface area contributed by atoms with Gasteiger partial charge < -0.3 is 24.7 Å². The maximum Gasteiger partial charge on any atom is 0.226 e. The molecule has 29 heavy (non-hydrogen) atoms. The van der Waals surface area contributed by atoms with Gasteiger partial charge in [0.1, 0.15) is 12.0 Å². The van der Waals surface area contributed by atoms with Gasteiger partial charge in [-0.1, -0.05) is 17.7 Å². The molecule has 162 valence electrons. The predicted molar refractivity (Wildman–Crippen MR) is 129 cm³/mol. The van der Waals surface area contributed by atoms with Gasteiger partial charge in [-0.2, -0.15) is 0 Å². The highest BCUT2D eigenvalue weighted by Gasteiger charge is 2.07. The molecule has 1 aromatic heterocycles. The molecule has 0 fully saturated rings. The number of hydrogen-bond donors (Lipinski definition) is 2. The Kier molecular flexibility index (Phi) is 12.6. The van der Waals surface area contributed by atoms with Crippen LogP contribution in [0.5, 0.6) is 0 Å². The summed E-state index contributed by atoms with van der Waals surface area (Å²) in [5, 5.41) is 6.63. The van der Waals surface area contributed by atoms with E-state index in [9.17, 15) is 0 Å². The maximum atomic E-state index is 5.60. The van der Waals surface area contributed by atoms with E-state index in [-0.39, 0.29) is 24.0 Å². The number of guanidine groups is 1. The van der Waals surface area contributed by atoms with Crippen LogP contribution in [0.4, 0.5) is 0 Å². The first-order valence-corrected chi connectivity index (χ1v) is 9.83. The highest BCUT2D eigenvalue weighted by atomic mass is 127. The van der Waals surface area contributed by atoms with Crippen LogP contribution in [0.3, 0.4) is 0 Å². The first-order valence-electron chi connectivity index (χ1n) is 9.83. The minimum atomic E-state index is 0. The second-order valence-corrected chi connectivity index (χ2v) is 6.78. The van der Waals surface area contributed by atoms with Crippen molar-refractivity contribution in [1.29, 1.82) is 0 Å². The summed E-state index contributed by atoms with van der Waals surface area (Å²) in [6.07, 6.45) is 2.71. The highest BCUT2D eigenvalue weighted by molar-refractivity contribution is 14.0. The number of nitrogens with zero attached hydrogens (tertiary/aromatic N) is 3. The van der Waals surface area contributed by atoms with Crippen molar-refractivity contribution in [2.45, 2.75) is 26.8 Å². The molecule has 7 nitrogen and oxygen atoms in total. The minimum absolute atomic E-state index is 0. The van der Waals surface area contributed by atoms with E-state index in [0.717, 1.165) is 56.4 Å². The summed E-state index contributed by atoms with van der Waals surface area (Å²) in [5.41, 5.74) is 3.00. The monoisotopic (exact) mass is 515 g/mol. The molecule has 0 bridgehead atoms. The van der Waals surface area contributed by atoms with Crippen LogP contribution in [0.15, 0.2) is 39.9 Å². The molecular weight excluding hydrogens is 481 g/mol. The van der Waals surface area contributed by atoms with Gasteiger partial charge in [0.2, 0.25) is 5.89 Å². The lowest BCUT2D eigenvalue weighted by Gasteiger charge is -2.18. The Morgan fingerprint density at radius 2 is 1.97 bits per heavy atom. The van der Waals surface area contributed by atoms with E-state index in [0.29, 0.717) is 12.4 Å². The molecule has 8 heteroatoms. The van der Waals surface area contributed by atoms with Gasteiger partial charge in [0.15, 0.2) is 5.96 Å². The standard InChI is InChI=1S/C21H33N5O2.HI/c1-5-22-21(23-11-13-26(3)12-6-14-27-4)24-15-19-16-28-20(25-19)18-9-7-17(2)8-10-18;/h7-10,16H,5-6,11-15H2,1-4H3,(H2,22,23,24);1H. The van der Waals surface area contributed by atoms with Crippen LogP contribution in [0.2, 0.25) is 0 Å². The first kappa shape index (κ1) is 25.4. The molecule has 1 aromatic carbocycles. The van der Waals surface area contributed by atoms with Crippen molar-refractivity contribution >= 4 is 29.9 Å². The van der Waals surface area contributed by atoms with Crippen LogP contribution in [0.25, 0.3) is 11.5 Å². The molecule has 0 aliphatic heterocycles. The fourth-order valence-electron chi connectivity index (χ4n) is 2.67. The number of likely N-dealkylation sites (N-methyl/N-ethyl adjacent to an activating group) is 1. The Bertz CT molecular complexity index is 718. The van der Waals surface area contributed by atoms with Crippen LogP contribution in [0, 0.1) is 6.92 Å². The third kappa shape index (κ3) is 9.60. The van der Waals surface area contributed by atoms with Crippen molar-refractivity contribution in [1.82, 2.24) is 20.5 Å². The Labute approximate surface area is 191 Å². The van der Waals surface area contributed by atoms with Gasteiger partial charge in [-0.05, 0) is 39.4 Å². The molecule has 0 saturated heterocycles. The summed E-state index contributed by atoms with van der Waals surface area (Å²) in [6, 6.07) is 8.14. The van der Waals surface area contributed by atoms with Crippen molar-refractivity contribution in [2.75, 3.05) is 46.9 Å². The van der Waals surface area contributed by atoms with Gasteiger partial charge in [-0.25, -0.2) is 9.98 Å². The van der Waals surface area contributed by atoms with Crippen molar-refractivity contribution in [3.8, 4) is 11.5 Å². The van der Waals surface area contributed by atoms with E-state index in [2.05, 4.69) is 58.5 Å². The highest BCUT2D eigenvalue weighted by Crippen LogP contribution is 2.19. The number of aryl methyl sites for hydroxylation is 1. The average Bonchev–Trinajstić information content (AvgIpc) is 3.16. The van der Waals surface area contributed by atoms with Crippen LogP contribution in [-0.2, 0) is 11.3 Å². The molecule has 0 atom stereocenters. The van der Waals surface area contributed by atoms with Crippen molar-refractivity contribution in [3.05, 3.63) is 41.8 Å². The number of oxazole rings is 1. The van der Waals surface area contributed by atoms with E-state index in [1.54, 1.807) is 13.4 Å². The van der Waals surface area contributed by atoms with Crippen molar-refractivity contribution < 1.29 is 9.15 Å². The second-order valence-electron chi connectivity index (χ2n) is 6.78. The summed E-state index contributed by atoms with van der Waals surface area (Å²) in [4.78, 5) is 11.4. The number of aromatic nitrogens is 1. The molecule has 0 aliphatic carbocycles. The fourth-order valence-corrected chi connectivity index (χ4v) is 2.67. The lowest BCUT2D eigenvalue weighted by atomic mass is 10.1. The molecule has 0 unspecified atom stereocenters. The van der Waals surface area contributed by atoms with Crippen LogP contribution < -0.4 is 10.6 Å². The summed E-state index contributed by atoms with van der Waals surface area (Å²) < 4.78 is 10.7. The number of aliphatic imine (C=N–C) groups is 1. The third-order valence-electron chi connectivity index (χ3n) is 4.27. The Morgan fingerprint density at radius 3 is 2.66 bits per heavy atom. The number of benzene rings is 1. The summed E-state index contributed by atoms with van der Waals surface area (Å²) in [7, 11) is 3.85. The molecule has 0 amide bonds. The number of rotatable bonds is 11. The van der Waals surface area contributed by atoms with Gasteiger partial charge >= 0.3 is 0 Å². The largest absolute Gasteiger partial charge is 0.444 e. The average molecular weight is 515 g/mol. The van der Waals surface area contributed by atoms with Gasteiger partial charge in [-0.15, -0.1) is 24.0 Å². The normalized spacial score (nSPS) is 11.4. The van der Waals surface area contributed by atoms with Crippen LogP contribution in [-0.4, -0.2) is 62.8 Å². The zero-order chi connectivity index (χ0) is 20.2. The van der Waals surface area contributed by atoms with Gasteiger partial charge in [0.05, 0.1) is 6.54 Å². The van der Waals surface area contributed by atoms with Crippen LogP contribution >= 0.6 is 24.0 Å². The van der Waals surface area contributed by atoms with Gasteiger partial charge in [-0.3, -0.25) is 0 Å². The van der Waals surface area contributed by atoms with Crippen LogP contribution in [0.1, 0.15) is 24.6 Å². The molecular formula is C21H34IN5O2. The Hall–Kier alpha value is -1.65. The van der Waals surface area contributed by atoms with Crippen molar-refractivity contribution in [3.63, 3.8) is 0 Å². The predicted octanol–water partition coefficient (Wildman–Crippen LogP) is 3.29. The number of methoxy groups -OCH3 is 1. The summed E-state index contributed by atoms with van der Waals surface area (Å²) in [6.45, 7) is 8.97. The van der Waals surface area contributed by atoms with E-state index in [4.69, 9.17) is 9.15 Å². The SMILES string of the molecule is CCNC(=NCc1coc(-c2ccc(C)cc2)n1)NCCN(C)CCCOC.I. The van der Waals surface area contributed by atoms with E-state index in [1.165, 1.54) is 5.56 Å². The van der Waals surface area contributed by atoms with Gasteiger partial charge in [0.25, 0.3) is 0 Å². The maximum absolute atomic E-state index is 5.60. The lowest BCUT2D eigenvalue weighted by molar-refractivity contribution is 0.180. The smallest absolute Gasteiger partial charge is 0.226 e. The molecule has 0 spiro atoms. The second kappa shape index (κ2) is 14.4. The van der Waals surface area contributed by atoms with E-state index in [1.807, 2.05) is 12.1 Å². The lowest BCUT2D eigenvalue weighted by Crippen LogP contribution is -2.41. The third-order valence-corrected chi connectivity index (χ3v) is 4.27. The minimum Gasteiger partial charge on any atom is -0.444 e. The van der Waals surface area contributed by atoms with Crippen molar-refractivity contribution in [2.24, 2.45) is 4.99 Å². The summed E-state index contributed by atoms with van der Waals surface area (Å²) in [5.74, 6) is 1.41. The molecule has 2 N–H and O–H groups in total. The number of hydrogen-bond acceptors (Lipinski definition) is 5. The number of nitrogens with one attached hydrogen (secondary N) is 2. The molecule has 2 aromatic rings. The molecule has 0 aliphatic rings. The zero-order valence-electron chi connectivity index (χ0n) is 17.9. The number of halogens is 1. The quantitative estimate of drug-likeness (QED) is 0.207. The topological polar surface area (TPSA) is 74.9 Å². The Morgan fingerprint density at radius 1 is 1.21 bits per heavy atom. The zero-order valence-corrected chi connectivity index (χ0v) is 20.2. The first-order chi connectivity index (χ1) is 13.6.